The van der Waals surface area contributed by atoms with E-state index < -0.39 is 5.60 Å². The first-order chi connectivity index (χ1) is 14.2. The molecule has 0 saturated carbocycles. The Morgan fingerprint density at radius 2 is 1.90 bits per heavy atom. The number of carbonyl (C=O) groups excluding carboxylic acids is 1. The number of rotatable bonds is 7. The summed E-state index contributed by atoms with van der Waals surface area (Å²) in [6.07, 6.45) is 5.00. The first kappa shape index (κ1) is 21.9. The van der Waals surface area contributed by atoms with Crippen LogP contribution in [-0.4, -0.2) is 45.1 Å². The van der Waals surface area contributed by atoms with Crippen LogP contribution in [0.2, 0.25) is 0 Å². The molecule has 0 atom stereocenters. The Hall–Kier alpha value is -2.77. The Kier molecular flexibility index (Phi) is 6.84. The van der Waals surface area contributed by atoms with E-state index in [1.165, 1.54) is 0 Å². The third kappa shape index (κ3) is 5.64. The van der Waals surface area contributed by atoms with Gasteiger partial charge in [-0.1, -0.05) is 12.1 Å². The first-order valence-corrected chi connectivity index (χ1v) is 10.3. The Bertz CT molecular complexity index is 1000. The van der Waals surface area contributed by atoms with Crippen molar-refractivity contribution in [2.45, 2.75) is 26.0 Å². The fraction of sp³-hybridized carbons (Fsp3) is 0.261. The third-order valence-electron chi connectivity index (χ3n) is 4.36. The molecule has 0 spiro atoms. The maximum atomic E-state index is 12.9. The molecule has 6 nitrogen and oxygen atoms in total. The summed E-state index contributed by atoms with van der Waals surface area (Å²) in [5, 5.41) is 9.97. The third-order valence-corrected chi connectivity index (χ3v) is 4.98. The number of amides is 1. The lowest BCUT2D eigenvalue weighted by Gasteiger charge is -2.23. The van der Waals surface area contributed by atoms with E-state index in [-0.39, 0.29) is 12.5 Å². The fourth-order valence-corrected chi connectivity index (χ4v) is 3.37. The number of pyridine rings is 2. The van der Waals surface area contributed by atoms with Crippen LogP contribution in [0, 0.1) is 0 Å². The highest BCUT2D eigenvalue weighted by molar-refractivity contribution is 9.10. The lowest BCUT2D eigenvalue weighted by Crippen LogP contribution is -2.29. The van der Waals surface area contributed by atoms with Gasteiger partial charge in [0.2, 0.25) is 0 Å². The Morgan fingerprint density at radius 1 is 1.17 bits per heavy atom. The number of ether oxygens (including phenoxy) is 1. The first-order valence-electron chi connectivity index (χ1n) is 9.49. The molecule has 0 aliphatic carbocycles. The summed E-state index contributed by atoms with van der Waals surface area (Å²) in [5.74, 6) is 0.475. The van der Waals surface area contributed by atoms with Crippen LogP contribution in [0.5, 0.6) is 5.75 Å². The second-order valence-corrected chi connectivity index (χ2v) is 8.51. The van der Waals surface area contributed by atoms with Crippen LogP contribution in [0.25, 0.3) is 11.3 Å². The molecule has 3 aromatic rings. The molecule has 2 heterocycles. The fourth-order valence-electron chi connectivity index (χ4n) is 2.85. The minimum atomic E-state index is -0.962. The van der Waals surface area contributed by atoms with Crippen molar-refractivity contribution in [3.8, 4) is 17.0 Å². The van der Waals surface area contributed by atoms with E-state index in [2.05, 4.69) is 25.9 Å². The molecular weight excluding hydrogens is 446 g/mol. The summed E-state index contributed by atoms with van der Waals surface area (Å²) in [5.41, 5.74) is 2.11. The summed E-state index contributed by atoms with van der Waals surface area (Å²) < 4.78 is 6.60. The highest BCUT2D eigenvalue weighted by Gasteiger charge is 2.19. The predicted octanol–water partition coefficient (Wildman–Crippen LogP) is 4.33. The van der Waals surface area contributed by atoms with Crippen LogP contribution in [-0.2, 0) is 6.54 Å². The zero-order valence-electron chi connectivity index (χ0n) is 17.2. The van der Waals surface area contributed by atoms with E-state index in [4.69, 9.17) is 4.74 Å². The molecule has 0 fully saturated rings. The number of aromatic nitrogens is 2. The van der Waals surface area contributed by atoms with Crippen molar-refractivity contribution >= 4 is 21.8 Å². The normalized spacial score (nSPS) is 11.2. The Balaban J connectivity index is 1.74. The smallest absolute Gasteiger partial charge is 0.255 e. The molecule has 0 saturated heterocycles. The zero-order valence-corrected chi connectivity index (χ0v) is 18.8. The molecule has 30 heavy (non-hydrogen) atoms. The van der Waals surface area contributed by atoms with E-state index >= 15 is 0 Å². The van der Waals surface area contributed by atoms with Gasteiger partial charge in [0.05, 0.1) is 21.3 Å². The molecule has 0 radical (unpaired) electrons. The maximum Gasteiger partial charge on any atom is 0.255 e. The summed E-state index contributed by atoms with van der Waals surface area (Å²) in [4.78, 5) is 22.9. The zero-order chi connectivity index (χ0) is 21.7. The average Bonchev–Trinajstić information content (AvgIpc) is 2.73. The van der Waals surface area contributed by atoms with Crippen molar-refractivity contribution in [3.05, 3.63) is 76.7 Å². The summed E-state index contributed by atoms with van der Waals surface area (Å²) in [6, 6.07) is 13.0. The van der Waals surface area contributed by atoms with Gasteiger partial charge in [-0.05, 0) is 60.1 Å². The van der Waals surface area contributed by atoms with E-state index in [9.17, 15) is 9.90 Å². The van der Waals surface area contributed by atoms with Crippen molar-refractivity contribution in [1.82, 2.24) is 14.9 Å². The standard InChI is InChI=1S/C23H24BrN3O3/c1-23(2,29)15-30-21-18(5-4-6-19(21)24)14-27(3)22(28)17-7-8-20(26-13-17)16-9-11-25-12-10-16/h4-13,29H,14-15H2,1-3H3. The number of halogens is 1. The van der Waals surface area contributed by atoms with Gasteiger partial charge in [-0.15, -0.1) is 0 Å². The van der Waals surface area contributed by atoms with Gasteiger partial charge in [-0.2, -0.15) is 0 Å². The maximum absolute atomic E-state index is 12.9. The van der Waals surface area contributed by atoms with Crippen molar-refractivity contribution in [2.24, 2.45) is 0 Å². The average molecular weight is 470 g/mol. The molecule has 0 bridgehead atoms. The molecule has 1 N–H and O–H groups in total. The van der Waals surface area contributed by atoms with Crippen molar-refractivity contribution in [3.63, 3.8) is 0 Å². The van der Waals surface area contributed by atoms with Gasteiger partial charge in [0.1, 0.15) is 12.4 Å². The summed E-state index contributed by atoms with van der Waals surface area (Å²) in [6.45, 7) is 3.86. The van der Waals surface area contributed by atoms with Crippen LogP contribution < -0.4 is 4.74 Å². The second kappa shape index (κ2) is 9.36. The summed E-state index contributed by atoms with van der Waals surface area (Å²) in [7, 11) is 1.74. The number of carbonyl (C=O) groups is 1. The quantitative estimate of drug-likeness (QED) is 0.557. The van der Waals surface area contributed by atoms with Crippen molar-refractivity contribution < 1.29 is 14.6 Å². The molecule has 0 aliphatic rings. The van der Waals surface area contributed by atoms with Crippen LogP contribution in [0.1, 0.15) is 29.8 Å². The van der Waals surface area contributed by atoms with Gasteiger partial charge < -0.3 is 14.7 Å². The minimum absolute atomic E-state index is 0.140. The number of benzene rings is 1. The molecule has 1 amide bonds. The van der Waals surface area contributed by atoms with Gasteiger partial charge in [0.15, 0.2) is 0 Å². The van der Waals surface area contributed by atoms with E-state index in [0.29, 0.717) is 17.9 Å². The molecule has 0 aliphatic heterocycles. The van der Waals surface area contributed by atoms with Gasteiger partial charge in [0.25, 0.3) is 5.91 Å². The topological polar surface area (TPSA) is 75.6 Å². The lowest BCUT2D eigenvalue weighted by atomic mass is 10.1. The second-order valence-electron chi connectivity index (χ2n) is 7.66. The largest absolute Gasteiger partial charge is 0.489 e. The highest BCUT2D eigenvalue weighted by atomic mass is 79.9. The van der Waals surface area contributed by atoms with Crippen LogP contribution in [0.15, 0.2) is 65.5 Å². The summed E-state index contributed by atoms with van der Waals surface area (Å²) >= 11 is 3.49. The van der Waals surface area contributed by atoms with Gasteiger partial charge >= 0.3 is 0 Å². The van der Waals surface area contributed by atoms with Crippen LogP contribution in [0.3, 0.4) is 0 Å². The van der Waals surface area contributed by atoms with Crippen molar-refractivity contribution in [1.29, 1.82) is 0 Å². The van der Waals surface area contributed by atoms with E-state index in [1.807, 2.05) is 36.4 Å². The van der Waals surface area contributed by atoms with E-state index in [0.717, 1.165) is 21.3 Å². The van der Waals surface area contributed by atoms with Crippen LogP contribution >= 0.6 is 15.9 Å². The number of aliphatic hydroxyl groups is 1. The Labute approximate surface area is 184 Å². The molecule has 3 rings (SSSR count). The number of nitrogens with zero attached hydrogens (tertiary/aromatic N) is 3. The molecule has 1 aromatic carbocycles. The molecule has 156 valence electrons. The van der Waals surface area contributed by atoms with Gasteiger partial charge in [-0.25, -0.2) is 0 Å². The van der Waals surface area contributed by atoms with E-state index in [1.54, 1.807) is 50.5 Å². The molecule has 2 aromatic heterocycles. The molecule has 0 unspecified atom stereocenters. The highest BCUT2D eigenvalue weighted by Crippen LogP contribution is 2.31. The van der Waals surface area contributed by atoms with Crippen molar-refractivity contribution in [2.75, 3.05) is 13.7 Å². The predicted molar refractivity (Wildman–Crippen MR) is 119 cm³/mol. The number of hydrogen-bond donors (Lipinski definition) is 1. The minimum Gasteiger partial charge on any atom is -0.489 e. The number of hydrogen-bond acceptors (Lipinski definition) is 5. The van der Waals surface area contributed by atoms with Gasteiger partial charge in [0, 0.05) is 43.3 Å². The Morgan fingerprint density at radius 3 is 2.53 bits per heavy atom. The lowest BCUT2D eigenvalue weighted by molar-refractivity contribution is 0.0276. The molecule has 7 heteroatoms. The molecular formula is C23H24BrN3O3. The van der Waals surface area contributed by atoms with Gasteiger partial charge in [-0.3, -0.25) is 14.8 Å². The monoisotopic (exact) mass is 469 g/mol. The SMILES string of the molecule is CN(Cc1cccc(Br)c1OCC(C)(C)O)C(=O)c1ccc(-c2ccncc2)nc1. The van der Waals surface area contributed by atoms with Crippen LogP contribution in [0.4, 0.5) is 0 Å². The number of para-hydroxylation sites is 1.